The highest BCUT2D eigenvalue weighted by molar-refractivity contribution is 5.35. The third-order valence-corrected chi connectivity index (χ3v) is 1.68. The van der Waals surface area contributed by atoms with Gasteiger partial charge in [0.05, 0.1) is 6.54 Å². The molecule has 4 heteroatoms. The van der Waals surface area contributed by atoms with Gasteiger partial charge in [0.1, 0.15) is 0 Å². The molecule has 0 radical (unpaired) electrons. The Hall–Kier alpha value is -1.42. The Balaban J connectivity index is 2.76. The molecule has 58 valence electrons. The molecule has 2 rings (SSSR count). The fourth-order valence-electron chi connectivity index (χ4n) is 1.15. The lowest BCUT2D eigenvalue weighted by Gasteiger charge is -2.13. The molecule has 1 aromatic heterocycles. The van der Waals surface area contributed by atoms with Crippen LogP contribution in [0.2, 0.25) is 0 Å². The molecule has 1 aliphatic heterocycles. The minimum absolute atomic E-state index is 0.374. The number of rotatable bonds is 0. The molecule has 1 aliphatic rings. The Bertz CT molecular complexity index is 380. The van der Waals surface area contributed by atoms with Crippen LogP contribution in [0.15, 0.2) is 12.3 Å². The number of nitrogens with zero attached hydrogens (tertiary/aromatic N) is 2. The maximum atomic E-state index is 10.9. The van der Waals surface area contributed by atoms with Gasteiger partial charge in [0.2, 0.25) is 0 Å². The summed E-state index contributed by atoms with van der Waals surface area (Å²) in [5.74, 6) is 0. The van der Waals surface area contributed by atoms with Crippen LogP contribution in [0.3, 0.4) is 0 Å². The lowest BCUT2D eigenvalue weighted by atomic mass is 10.3. The topological polar surface area (TPSA) is 51.5 Å². The van der Waals surface area contributed by atoms with Crippen LogP contribution in [0.25, 0.3) is 12.3 Å². The van der Waals surface area contributed by atoms with E-state index in [9.17, 15) is 5.21 Å². The van der Waals surface area contributed by atoms with E-state index < -0.39 is 0 Å². The van der Waals surface area contributed by atoms with E-state index in [1.807, 2.05) is 0 Å². The van der Waals surface area contributed by atoms with Crippen molar-refractivity contribution in [3.8, 4) is 0 Å². The second-order valence-electron chi connectivity index (χ2n) is 2.44. The molecule has 0 unspecified atom stereocenters. The molecule has 0 saturated heterocycles. The highest BCUT2D eigenvalue weighted by Gasteiger charge is 1.98. The van der Waals surface area contributed by atoms with Crippen molar-refractivity contribution in [2.45, 2.75) is 0 Å². The number of aromatic nitrogens is 1. The van der Waals surface area contributed by atoms with Crippen molar-refractivity contribution in [3.05, 3.63) is 28.0 Å². The molecular weight excluding hydrogens is 144 g/mol. The number of hydroxylamine groups is 2. The lowest BCUT2D eigenvalue weighted by molar-refractivity contribution is -0.00631. The lowest BCUT2D eigenvalue weighted by Crippen LogP contribution is -2.35. The van der Waals surface area contributed by atoms with Crippen molar-refractivity contribution < 1.29 is 5.21 Å². The molecule has 0 saturated carbocycles. The summed E-state index contributed by atoms with van der Waals surface area (Å²) in [5, 5.41) is 22.4. The van der Waals surface area contributed by atoms with E-state index in [4.69, 9.17) is 5.21 Å². The van der Waals surface area contributed by atoms with Crippen LogP contribution in [-0.4, -0.2) is 21.5 Å². The van der Waals surface area contributed by atoms with E-state index in [0.29, 0.717) is 11.9 Å². The molecule has 1 N–H and O–H groups in total. The second-order valence-corrected chi connectivity index (χ2v) is 2.44. The van der Waals surface area contributed by atoms with Crippen LogP contribution < -0.4 is 10.6 Å². The van der Waals surface area contributed by atoms with Crippen LogP contribution in [0.1, 0.15) is 0 Å². The Morgan fingerprint density at radius 3 is 3.18 bits per heavy atom. The average Bonchev–Trinajstić information content (AvgIpc) is 2.32. The second kappa shape index (κ2) is 2.03. The van der Waals surface area contributed by atoms with Crippen LogP contribution >= 0.6 is 0 Å². The van der Waals surface area contributed by atoms with Crippen molar-refractivity contribution >= 4 is 12.3 Å². The Labute approximate surface area is 62.8 Å². The standard InChI is InChI=1S/C7H7N2O2/c10-8-3-2-7-6(5-8)1-4-9(7)11/h1-2,4-5,10H,3H2/q-1. The Morgan fingerprint density at radius 1 is 1.55 bits per heavy atom. The third kappa shape index (κ3) is 0.877. The summed E-state index contributed by atoms with van der Waals surface area (Å²) in [7, 11) is 0. The van der Waals surface area contributed by atoms with Crippen molar-refractivity contribution in [1.82, 2.24) is 9.79 Å². The van der Waals surface area contributed by atoms with Gasteiger partial charge in [-0.2, -0.15) is 0 Å². The minimum atomic E-state index is 0.374. The van der Waals surface area contributed by atoms with Crippen molar-refractivity contribution in [2.75, 3.05) is 6.54 Å². The van der Waals surface area contributed by atoms with Gasteiger partial charge in [-0.25, -0.2) is 0 Å². The molecule has 4 nitrogen and oxygen atoms in total. The summed E-state index contributed by atoms with van der Waals surface area (Å²) >= 11 is 0. The number of hydrogen-bond acceptors (Lipinski definition) is 3. The van der Waals surface area contributed by atoms with Gasteiger partial charge in [-0.3, -0.25) is 10.3 Å². The zero-order valence-corrected chi connectivity index (χ0v) is 5.77. The molecule has 0 fully saturated rings. The Kier molecular flexibility index (Phi) is 1.16. The van der Waals surface area contributed by atoms with E-state index in [1.165, 1.54) is 12.4 Å². The van der Waals surface area contributed by atoms with E-state index in [1.54, 1.807) is 12.1 Å². The van der Waals surface area contributed by atoms with Crippen LogP contribution in [0.4, 0.5) is 0 Å². The maximum absolute atomic E-state index is 10.9. The van der Waals surface area contributed by atoms with Gasteiger partial charge in [-0.15, -0.1) is 0 Å². The summed E-state index contributed by atoms with van der Waals surface area (Å²) in [4.78, 5) is 0. The predicted molar refractivity (Wildman–Crippen MR) is 39.9 cm³/mol. The van der Waals surface area contributed by atoms with Gasteiger partial charge in [-0.1, -0.05) is 0 Å². The average molecular weight is 151 g/mol. The van der Waals surface area contributed by atoms with Gasteiger partial charge in [0.25, 0.3) is 0 Å². The van der Waals surface area contributed by atoms with Crippen molar-refractivity contribution in [1.29, 1.82) is 0 Å². The quantitative estimate of drug-likeness (QED) is 0.520. The summed E-state index contributed by atoms with van der Waals surface area (Å²) in [6, 6.07) is 1.67. The summed E-state index contributed by atoms with van der Waals surface area (Å²) in [6.45, 7) is 0.374. The van der Waals surface area contributed by atoms with Gasteiger partial charge in [0, 0.05) is 16.8 Å². The van der Waals surface area contributed by atoms with E-state index in [0.717, 1.165) is 15.0 Å². The Morgan fingerprint density at radius 2 is 2.36 bits per heavy atom. The van der Waals surface area contributed by atoms with Gasteiger partial charge >= 0.3 is 0 Å². The molecule has 2 heterocycles. The van der Waals surface area contributed by atoms with Gasteiger partial charge in [-0.05, 0) is 18.3 Å². The van der Waals surface area contributed by atoms with Crippen molar-refractivity contribution in [2.24, 2.45) is 0 Å². The first kappa shape index (κ1) is 6.30. The molecule has 0 aromatic carbocycles. The molecular formula is C7H7N2O2-. The summed E-state index contributed by atoms with van der Waals surface area (Å²) in [6.07, 6.45) is 4.64. The fourth-order valence-corrected chi connectivity index (χ4v) is 1.15. The summed E-state index contributed by atoms with van der Waals surface area (Å²) < 4.78 is 0.791. The predicted octanol–water partition coefficient (Wildman–Crippen LogP) is -0.943. The molecule has 0 aliphatic carbocycles. The first-order chi connectivity index (χ1) is 5.27. The van der Waals surface area contributed by atoms with Crippen LogP contribution in [0, 0.1) is 5.21 Å². The molecule has 0 amide bonds. The maximum Gasteiger partial charge on any atom is 0.0650 e. The number of fused-ring (bicyclic) bond motifs is 1. The molecule has 1 aromatic rings. The minimum Gasteiger partial charge on any atom is -0.806 e. The van der Waals surface area contributed by atoms with Crippen LogP contribution in [0.5, 0.6) is 0 Å². The van der Waals surface area contributed by atoms with E-state index in [-0.39, 0.29) is 0 Å². The van der Waals surface area contributed by atoms with Crippen LogP contribution in [-0.2, 0) is 0 Å². The largest absolute Gasteiger partial charge is 0.806 e. The number of hydrogen-bond donors (Lipinski definition) is 1. The highest BCUT2D eigenvalue weighted by Crippen LogP contribution is 1.87. The molecule has 0 atom stereocenters. The molecule has 11 heavy (non-hydrogen) atoms. The fraction of sp³-hybridized carbons (Fsp3) is 0.143. The van der Waals surface area contributed by atoms with E-state index >= 15 is 0 Å². The molecule has 0 bridgehead atoms. The highest BCUT2D eigenvalue weighted by atomic mass is 16.5. The zero-order chi connectivity index (χ0) is 7.84. The van der Waals surface area contributed by atoms with Crippen molar-refractivity contribution in [3.63, 3.8) is 0 Å². The van der Waals surface area contributed by atoms with Gasteiger partial charge in [0.15, 0.2) is 0 Å². The monoisotopic (exact) mass is 151 g/mol. The first-order valence-electron chi connectivity index (χ1n) is 3.30. The third-order valence-electron chi connectivity index (χ3n) is 1.68. The molecule has 0 spiro atoms. The first-order valence-corrected chi connectivity index (χ1v) is 3.30. The normalized spacial score (nSPS) is 15.2. The smallest absolute Gasteiger partial charge is 0.0650 e. The SMILES string of the molecule is [O-]n1ccc2c1=CCN(O)C=2. The zero-order valence-electron chi connectivity index (χ0n) is 5.77. The summed E-state index contributed by atoms with van der Waals surface area (Å²) in [5.41, 5.74) is 0. The van der Waals surface area contributed by atoms with E-state index in [2.05, 4.69) is 0 Å². The van der Waals surface area contributed by atoms with Gasteiger partial charge < -0.3 is 9.94 Å².